The van der Waals surface area contributed by atoms with Gasteiger partial charge in [-0.1, -0.05) is 38.4 Å². The molecule has 0 radical (unpaired) electrons. The van der Waals surface area contributed by atoms with Gasteiger partial charge in [0.25, 0.3) is 0 Å². The van der Waals surface area contributed by atoms with Gasteiger partial charge < -0.3 is 10.1 Å². The van der Waals surface area contributed by atoms with Crippen LogP contribution in [0, 0.1) is 5.92 Å². The summed E-state index contributed by atoms with van der Waals surface area (Å²) in [6.45, 7) is 9.09. The fraction of sp³-hybridized carbons (Fsp3) is 0.600. The molecule has 0 aliphatic carbocycles. The largest absolute Gasteiger partial charge is 0.383 e. The lowest BCUT2D eigenvalue weighted by Gasteiger charge is -2.15. The van der Waals surface area contributed by atoms with E-state index in [9.17, 15) is 0 Å². The summed E-state index contributed by atoms with van der Waals surface area (Å²) in [6.07, 6.45) is 0. The van der Waals surface area contributed by atoms with Crippen molar-refractivity contribution >= 4 is 23.4 Å². The summed E-state index contributed by atoms with van der Waals surface area (Å²) in [7, 11) is 1.70. The Balaban J connectivity index is 2.54. The van der Waals surface area contributed by atoms with E-state index in [2.05, 4.69) is 44.3 Å². The normalized spacial score (nSPS) is 12.9. The fourth-order valence-corrected chi connectivity index (χ4v) is 2.84. The van der Waals surface area contributed by atoms with E-state index in [-0.39, 0.29) is 0 Å². The van der Waals surface area contributed by atoms with E-state index in [4.69, 9.17) is 16.3 Å². The Morgan fingerprint density at radius 3 is 2.63 bits per heavy atom. The first kappa shape index (κ1) is 16.8. The number of benzene rings is 1. The van der Waals surface area contributed by atoms with Crippen LogP contribution in [-0.2, 0) is 11.3 Å². The summed E-state index contributed by atoms with van der Waals surface area (Å²) < 4.78 is 5.00. The monoisotopic (exact) mass is 301 g/mol. The van der Waals surface area contributed by atoms with Crippen molar-refractivity contribution in [2.75, 3.05) is 20.3 Å². The summed E-state index contributed by atoms with van der Waals surface area (Å²) in [6, 6.07) is 6.33. The molecule has 0 amide bonds. The highest BCUT2D eigenvalue weighted by Gasteiger charge is 2.10. The highest BCUT2D eigenvalue weighted by Crippen LogP contribution is 2.30. The van der Waals surface area contributed by atoms with Crippen LogP contribution in [0.25, 0.3) is 0 Å². The molecule has 1 atom stereocenters. The third-order valence-corrected chi connectivity index (χ3v) is 4.88. The average Bonchev–Trinajstić information content (AvgIpc) is 2.36. The number of thioether (sulfide) groups is 1. The summed E-state index contributed by atoms with van der Waals surface area (Å²) in [5.74, 6) is 0.666. The van der Waals surface area contributed by atoms with Crippen molar-refractivity contribution in [2.24, 2.45) is 5.92 Å². The van der Waals surface area contributed by atoms with Crippen LogP contribution in [0.3, 0.4) is 0 Å². The number of hydrogen-bond acceptors (Lipinski definition) is 3. The van der Waals surface area contributed by atoms with Crippen molar-refractivity contribution < 1.29 is 4.74 Å². The first-order valence-corrected chi connectivity index (χ1v) is 7.95. The third kappa shape index (κ3) is 6.17. The lowest BCUT2D eigenvalue weighted by Crippen LogP contribution is -2.18. The van der Waals surface area contributed by atoms with Crippen molar-refractivity contribution in [1.29, 1.82) is 0 Å². The van der Waals surface area contributed by atoms with Crippen LogP contribution in [0.2, 0.25) is 5.02 Å². The molecule has 1 aromatic carbocycles. The zero-order valence-corrected chi connectivity index (χ0v) is 13.8. The molecule has 4 heteroatoms. The quantitative estimate of drug-likeness (QED) is 0.574. The van der Waals surface area contributed by atoms with Gasteiger partial charge in [0.15, 0.2) is 0 Å². The van der Waals surface area contributed by atoms with E-state index in [1.165, 1.54) is 4.90 Å². The average molecular weight is 302 g/mol. The molecule has 0 heterocycles. The molecule has 0 aromatic heterocycles. The van der Waals surface area contributed by atoms with E-state index < -0.39 is 0 Å². The van der Waals surface area contributed by atoms with Gasteiger partial charge in [0.05, 0.1) is 6.61 Å². The van der Waals surface area contributed by atoms with Crippen molar-refractivity contribution in [3.8, 4) is 0 Å². The van der Waals surface area contributed by atoms with Crippen LogP contribution in [0.4, 0.5) is 0 Å². The number of ether oxygens (including phenoxy) is 1. The Bertz CT molecular complexity index is 384. The topological polar surface area (TPSA) is 21.3 Å². The first-order chi connectivity index (χ1) is 9.04. The van der Waals surface area contributed by atoms with E-state index >= 15 is 0 Å². The molecule has 108 valence electrons. The highest BCUT2D eigenvalue weighted by molar-refractivity contribution is 8.00. The predicted molar refractivity (Wildman–Crippen MR) is 85.2 cm³/mol. The van der Waals surface area contributed by atoms with Crippen LogP contribution in [0.1, 0.15) is 26.3 Å². The van der Waals surface area contributed by atoms with Gasteiger partial charge in [-0.3, -0.25) is 0 Å². The first-order valence-electron chi connectivity index (χ1n) is 6.69. The second-order valence-electron chi connectivity index (χ2n) is 4.99. The van der Waals surface area contributed by atoms with Crippen LogP contribution in [-0.4, -0.2) is 25.5 Å². The summed E-state index contributed by atoms with van der Waals surface area (Å²) in [4.78, 5) is 1.24. The van der Waals surface area contributed by atoms with Crippen LogP contribution >= 0.6 is 23.4 Å². The number of methoxy groups -OCH3 is 1. The molecule has 0 bridgehead atoms. The second-order valence-corrected chi connectivity index (χ2v) is 6.85. The third-order valence-electron chi connectivity index (χ3n) is 3.08. The molecule has 1 N–H and O–H groups in total. The Morgan fingerprint density at radius 2 is 2.05 bits per heavy atom. The number of rotatable bonds is 8. The lowest BCUT2D eigenvalue weighted by atomic mass is 10.2. The van der Waals surface area contributed by atoms with Gasteiger partial charge in [-0.2, -0.15) is 0 Å². The standard InChI is InChI=1S/C15H24ClNOS/c1-11(2)12(3)19-14-6-5-13(15(16)9-14)10-17-7-8-18-4/h5-6,9,11-12,17H,7-8,10H2,1-4H3. The zero-order valence-electron chi connectivity index (χ0n) is 12.2. The zero-order chi connectivity index (χ0) is 14.3. The number of hydrogen-bond donors (Lipinski definition) is 1. The molecule has 0 spiro atoms. The van der Waals surface area contributed by atoms with Gasteiger partial charge in [-0.25, -0.2) is 0 Å². The second kappa shape index (κ2) is 8.85. The molecule has 0 saturated heterocycles. The van der Waals surface area contributed by atoms with Crippen LogP contribution < -0.4 is 5.32 Å². The Labute approximate surface area is 126 Å². The highest BCUT2D eigenvalue weighted by atomic mass is 35.5. The SMILES string of the molecule is COCCNCc1ccc(SC(C)C(C)C)cc1Cl. The molecule has 0 saturated carbocycles. The molecule has 1 unspecified atom stereocenters. The Morgan fingerprint density at radius 1 is 1.32 bits per heavy atom. The van der Waals surface area contributed by atoms with Crippen LogP contribution in [0.5, 0.6) is 0 Å². The molecule has 1 rings (SSSR count). The van der Waals surface area contributed by atoms with E-state index in [1.54, 1.807) is 7.11 Å². The molecule has 19 heavy (non-hydrogen) atoms. The fourth-order valence-electron chi connectivity index (χ4n) is 1.49. The Hall–Kier alpha value is -0.220. The maximum atomic E-state index is 6.32. The van der Waals surface area contributed by atoms with Gasteiger partial charge in [0.2, 0.25) is 0 Å². The lowest BCUT2D eigenvalue weighted by molar-refractivity contribution is 0.199. The smallest absolute Gasteiger partial charge is 0.0587 e. The van der Waals surface area contributed by atoms with E-state index in [0.29, 0.717) is 11.2 Å². The summed E-state index contributed by atoms with van der Waals surface area (Å²) in [5, 5.41) is 4.74. The molecule has 1 aromatic rings. The minimum Gasteiger partial charge on any atom is -0.383 e. The van der Waals surface area contributed by atoms with Gasteiger partial charge in [0, 0.05) is 35.4 Å². The van der Waals surface area contributed by atoms with Crippen molar-refractivity contribution in [3.05, 3.63) is 28.8 Å². The van der Waals surface area contributed by atoms with Gasteiger partial charge in [-0.05, 0) is 23.6 Å². The van der Waals surface area contributed by atoms with E-state index in [0.717, 1.165) is 30.3 Å². The summed E-state index contributed by atoms with van der Waals surface area (Å²) in [5.41, 5.74) is 1.14. The predicted octanol–water partition coefficient (Wildman–Crippen LogP) is 4.21. The van der Waals surface area contributed by atoms with E-state index in [1.807, 2.05) is 11.8 Å². The molecule has 0 fully saturated rings. The van der Waals surface area contributed by atoms with Crippen LogP contribution in [0.15, 0.2) is 23.1 Å². The minimum atomic E-state index is 0.599. The molecular weight excluding hydrogens is 278 g/mol. The van der Waals surface area contributed by atoms with Gasteiger partial charge >= 0.3 is 0 Å². The molecule has 2 nitrogen and oxygen atoms in total. The van der Waals surface area contributed by atoms with Crippen molar-refractivity contribution in [3.63, 3.8) is 0 Å². The number of halogens is 1. The van der Waals surface area contributed by atoms with Gasteiger partial charge in [-0.15, -0.1) is 11.8 Å². The molecule has 0 aliphatic heterocycles. The number of nitrogens with one attached hydrogen (secondary N) is 1. The Kier molecular flexibility index (Phi) is 7.84. The maximum Gasteiger partial charge on any atom is 0.0587 e. The molecular formula is C15H24ClNOS. The minimum absolute atomic E-state index is 0.599. The van der Waals surface area contributed by atoms with Gasteiger partial charge in [0.1, 0.15) is 0 Å². The maximum absolute atomic E-state index is 6.32. The summed E-state index contributed by atoms with van der Waals surface area (Å²) >= 11 is 8.20. The van der Waals surface area contributed by atoms with Crippen molar-refractivity contribution in [2.45, 2.75) is 37.5 Å². The van der Waals surface area contributed by atoms with Crippen molar-refractivity contribution in [1.82, 2.24) is 5.32 Å². The molecule has 0 aliphatic rings.